The Hall–Kier alpha value is -3.16. The van der Waals surface area contributed by atoms with Gasteiger partial charge in [0.25, 0.3) is 11.1 Å². The molecule has 0 saturated heterocycles. The molecule has 8 heteroatoms. The van der Waals surface area contributed by atoms with Gasteiger partial charge in [-0.1, -0.05) is 12.1 Å². The Morgan fingerprint density at radius 3 is 1.55 bits per heavy atom. The van der Waals surface area contributed by atoms with Gasteiger partial charge in [-0.05, 0) is 12.1 Å². The molecule has 8 nitrogen and oxygen atoms in total. The molecule has 0 radical (unpaired) electrons. The van der Waals surface area contributed by atoms with Crippen LogP contribution >= 0.6 is 0 Å². The van der Waals surface area contributed by atoms with Crippen molar-refractivity contribution in [2.75, 3.05) is 0 Å². The molecule has 0 spiro atoms. The number of hydrogen-bond acceptors (Lipinski definition) is 4. The molecule has 0 aliphatic carbocycles. The van der Waals surface area contributed by atoms with Crippen LogP contribution < -0.4 is 22.5 Å². The van der Waals surface area contributed by atoms with E-state index in [1.165, 1.54) is 22.9 Å². The second-order valence-corrected chi connectivity index (χ2v) is 5.15. The number of nitrogens with zero attached hydrogens (tertiary/aromatic N) is 4. The van der Waals surface area contributed by atoms with Crippen LogP contribution in [0.5, 0.6) is 0 Å². The van der Waals surface area contributed by atoms with Crippen molar-refractivity contribution >= 4 is 22.1 Å². The zero-order chi connectivity index (χ0) is 15.8. The first kappa shape index (κ1) is 12.6. The smallest absolute Gasteiger partial charge is 0.268 e. The maximum atomic E-state index is 12.4. The third-order valence-electron chi connectivity index (χ3n) is 4.00. The van der Waals surface area contributed by atoms with Crippen molar-refractivity contribution in [3.05, 3.63) is 65.9 Å². The lowest BCUT2D eigenvalue weighted by atomic mass is 10.3. The molecule has 0 unspecified atom stereocenters. The maximum Gasteiger partial charge on any atom is 0.337 e. The lowest BCUT2D eigenvalue weighted by molar-refractivity contribution is 0.737. The molecule has 0 saturated carbocycles. The first-order valence-corrected chi connectivity index (χ1v) is 6.52. The van der Waals surface area contributed by atoms with E-state index in [2.05, 4.69) is 0 Å². The lowest BCUT2D eigenvalue weighted by Gasteiger charge is -2.05. The highest BCUT2D eigenvalue weighted by Crippen LogP contribution is 2.17. The summed E-state index contributed by atoms with van der Waals surface area (Å²) in [5.41, 5.74) is -1.64. The molecule has 0 fully saturated rings. The number of fused-ring (bicyclic) bond motifs is 3. The van der Waals surface area contributed by atoms with E-state index in [0.717, 1.165) is 9.13 Å². The predicted molar refractivity (Wildman–Crippen MR) is 80.1 cm³/mol. The summed E-state index contributed by atoms with van der Waals surface area (Å²) in [6.45, 7) is 0. The fourth-order valence-corrected chi connectivity index (χ4v) is 2.87. The second kappa shape index (κ2) is 3.73. The van der Waals surface area contributed by atoms with Gasteiger partial charge in [-0.3, -0.25) is 18.7 Å². The van der Waals surface area contributed by atoms with E-state index in [-0.39, 0.29) is 11.0 Å². The average Bonchev–Trinajstić information content (AvgIpc) is 2.85. The van der Waals surface area contributed by atoms with Gasteiger partial charge in [-0.15, -0.1) is 0 Å². The van der Waals surface area contributed by atoms with Gasteiger partial charge >= 0.3 is 11.4 Å². The highest BCUT2D eigenvalue weighted by Gasteiger charge is 2.22. The minimum Gasteiger partial charge on any atom is -0.268 e. The van der Waals surface area contributed by atoms with E-state index in [1.807, 2.05) is 0 Å². The molecule has 0 aliphatic heterocycles. The summed E-state index contributed by atoms with van der Waals surface area (Å²) in [4.78, 5) is 49.6. The summed E-state index contributed by atoms with van der Waals surface area (Å²) in [6.07, 6.45) is 0. The molecule has 0 amide bonds. The predicted octanol–water partition coefficient (Wildman–Crippen LogP) is -1.10. The van der Waals surface area contributed by atoms with Crippen molar-refractivity contribution in [2.45, 2.75) is 0 Å². The fraction of sp³-hybridized carbons (Fsp3) is 0.143. The van der Waals surface area contributed by atoms with Crippen molar-refractivity contribution < 1.29 is 0 Å². The third kappa shape index (κ3) is 1.18. The summed E-state index contributed by atoms with van der Waals surface area (Å²) in [6, 6.07) is 6.77. The molecule has 110 valence electrons. The number of benzene rings is 1. The molecule has 22 heavy (non-hydrogen) atoms. The Morgan fingerprint density at radius 1 is 0.727 bits per heavy atom. The van der Waals surface area contributed by atoms with E-state index in [9.17, 15) is 19.2 Å². The van der Waals surface area contributed by atoms with Crippen molar-refractivity contribution in [2.24, 2.45) is 14.1 Å². The summed E-state index contributed by atoms with van der Waals surface area (Å²) in [7, 11) is 2.62. The van der Waals surface area contributed by atoms with Gasteiger partial charge in [0.2, 0.25) is 0 Å². The second-order valence-electron chi connectivity index (χ2n) is 5.15. The van der Waals surface area contributed by atoms with E-state index in [1.54, 1.807) is 24.3 Å². The van der Waals surface area contributed by atoms with Crippen molar-refractivity contribution in [1.29, 1.82) is 0 Å². The maximum absolute atomic E-state index is 12.4. The molecular formula is C14H10N4O4. The lowest BCUT2D eigenvalue weighted by Crippen LogP contribution is -2.43. The summed E-state index contributed by atoms with van der Waals surface area (Å²) >= 11 is 0. The zero-order valence-corrected chi connectivity index (χ0v) is 11.7. The van der Waals surface area contributed by atoms with Crippen LogP contribution in [-0.4, -0.2) is 17.9 Å². The molecule has 0 aliphatic rings. The number of rotatable bonds is 0. The summed E-state index contributed by atoms with van der Waals surface area (Å²) in [5.74, 6) is 0. The Bertz CT molecular complexity index is 1220. The van der Waals surface area contributed by atoms with Gasteiger partial charge in [0, 0.05) is 14.1 Å². The van der Waals surface area contributed by atoms with Crippen LogP contribution in [0.15, 0.2) is 43.4 Å². The van der Waals surface area contributed by atoms with Crippen LogP contribution in [0.1, 0.15) is 0 Å². The molecule has 0 N–H and O–H groups in total. The van der Waals surface area contributed by atoms with Crippen LogP contribution in [0.2, 0.25) is 0 Å². The third-order valence-corrected chi connectivity index (χ3v) is 4.00. The number of hydrogen-bond donors (Lipinski definition) is 0. The Labute approximate surface area is 121 Å². The van der Waals surface area contributed by atoms with Crippen LogP contribution in [0.25, 0.3) is 22.1 Å². The van der Waals surface area contributed by atoms with Gasteiger partial charge < -0.3 is 0 Å². The number of imidazole rings is 1. The Kier molecular flexibility index (Phi) is 2.13. The first-order chi connectivity index (χ1) is 10.4. The van der Waals surface area contributed by atoms with Gasteiger partial charge in [0.1, 0.15) is 11.0 Å². The Morgan fingerprint density at radius 2 is 1.14 bits per heavy atom. The minimum atomic E-state index is -0.710. The number of aromatic nitrogens is 4. The number of para-hydroxylation sites is 2. The highest BCUT2D eigenvalue weighted by molar-refractivity contribution is 5.88. The van der Waals surface area contributed by atoms with E-state index in [4.69, 9.17) is 0 Å². The van der Waals surface area contributed by atoms with Crippen LogP contribution in [0.4, 0.5) is 0 Å². The molecule has 4 rings (SSSR count). The van der Waals surface area contributed by atoms with Gasteiger partial charge in [-0.25, -0.2) is 18.4 Å². The van der Waals surface area contributed by atoms with E-state index in [0.29, 0.717) is 11.0 Å². The quantitative estimate of drug-likeness (QED) is 0.412. The molecule has 3 aromatic heterocycles. The van der Waals surface area contributed by atoms with Crippen molar-refractivity contribution in [3.63, 3.8) is 0 Å². The molecule has 3 heterocycles. The minimum absolute atomic E-state index is 0.0300. The highest BCUT2D eigenvalue weighted by atomic mass is 16.2. The summed E-state index contributed by atoms with van der Waals surface area (Å²) in [5, 5.41) is -0.180. The zero-order valence-electron chi connectivity index (χ0n) is 11.7. The van der Waals surface area contributed by atoms with Gasteiger partial charge in [-0.2, -0.15) is 0 Å². The topological polar surface area (TPSA) is 87.0 Å². The Balaban J connectivity index is 2.70. The van der Waals surface area contributed by atoms with E-state index >= 15 is 0 Å². The first-order valence-electron chi connectivity index (χ1n) is 6.52. The van der Waals surface area contributed by atoms with Crippen LogP contribution in [-0.2, 0) is 14.1 Å². The average molecular weight is 298 g/mol. The van der Waals surface area contributed by atoms with Crippen LogP contribution in [0.3, 0.4) is 0 Å². The molecular weight excluding hydrogens is 288 g/mol. The molecule has 0 atom stereocenters. The van der Waals surface area contributed by atoms with E-state index < -0.39 is 22.5 Å². The van der Waals surface area contributed by atoms with Gasteiger partial charge in [0.15, 0.2) is 0 Å². The fourth-order valence-electron chi connectivity index (χ4n) is 2.87. The normalized spacial score (nSPS) is 11.9. The molecule has 0 bridgehead atoms. The van der Waals surface area contributed by atoms with Crippen molar-refractivity contribution in [3.8, 4) is 0 Å². The van der Waals surface area contributed by atoms with Crippen molar-refractivity contribution in [1.82, 2.24) is 17.9 Å². The van der Waals surface area contributed by atoms with Crippen LogP contribution in [0, 0.1) is 0 Å². The molecule has 1 aromatic carbocycles. The standard InChI is InChI=1S/C14H10N4O4/c1-15-11(19)9-10-17(13(15)21)7-5-3-4-6-8(7)18(10)14(22)16(2)12(9)20/h3-6H,1-2H3. The van der Waals surface area contributed by atoms with Gasteiger partial charge in [0.05, 0.1) is 11.0 Å². The molecule has 4 aromatic rings. The largest absolute Gasteiger partial charge is 0.337 e. The monoisotopic (exact) mass is 298 g/mol. The summed E-state index contributed by atoms with van der Waals surface area (Å²) < 4.78 is 4.21. The SMILES string of the molecule is Cn1c(=O)c2c(=O)n(C)c(=O)n3c4ccccc4n(c1=O)c23.